The Balaban J connectivity index is 1.69. The Morgan fingerprint density at radius 2 is 1.74 bits per heavy atom. The number of rotatable bonds is 9. The van der Waals surface area contributed by atoms with Gasteiger partial charge in [0.05, 0.1) is 5.41 Å². The Hall–Kier alpha value is -1.55. The zero-order valence-corrected chi connectivity index (χ0v) is 22.9. The van der Waals surface area contributed by atoms with E-state index in [4.69, 9.17) is 14.2 Å². The number of carbonyl (C=O) groups is 1. The van der Waals surface area contributed by atoms with Gasteiger partial charge in [-0.05, 0) is 86.5 Å². The first-order valence-electron chi connectivity index (χ1n) is 13.4. The van der Waals surface area contributed by atoms with Crippen LogP contribution < -0.4 is 9.47 Å². The summed E-state index contributed by atoms with van der Waals surface area (Å²) in [5.41, 5.74) is -0.395. The lowest BCUT2D eigenvalue weighted by Gasteiger charge is -2.51. The maximum absolute atomic E-state index is 13.2. The standard InChI is InChI=1S/C30H48O4/c1-9-22-17-23-11-10-16-30(18-22,19-23)27(32-8)34-25-14-12-24(13-15-25)33-26(31)29(7,21(2)3)20-28(4,5)6/h12-15,21-23,27H,9-11,16-20H2,1-8H3. The molecule has 0 saturated heterocycles. The van der Waals surface area contributed by atoms with E-state index in [-0.39, 0.29) is 29.0 Å². The van der Waals surface area contributed by atoms with Crippen molar-refractivity contribution in [2.75, 3.05) is 7.11 Å². The lowest BCUT2D eigenvalue weighted by Crippen LogP contribution is -2.48. The molecule has 0 spiro atoms. The summed E-state index contributed by atoms with van der Waals surface area (Å²) in [5.74, 6) is 2.92. The number of fused-ring (bicyclic) bond motifs is 2. The van der Waals surface area contributed by atoms with E-state index in [9.17, 15) is 4.79 Å². The molecule has 34 heavy (non-hydrogen) atoms. The molecule has 0 radical (unpaired) electrons. The van der Waals surface area contributed by atoms with Crippen LogP contribution in [-0.4, -0.2) is 19.4 Å². The fraction of sp³-hybridized carbons (Fsp3) is 0.767. The molecule has 4 nitrogen and oxygen atoms in total. The molecular weight excluding hydrogens is 424 g/mol. The zero-order chi connectivity index (χ0) is 25.1. The van der Waals surface area contributed by atoms with Crippen molar-refractivity contribution in [3.05, 3.63) is 24.3 Å². The average molecular weight is 473 g/mol. The topological polar surface area (TPSA) is 44.8 Å². The Labute approximate surface area is 208 Å². The summed E-state index contributed by atoms with van der Waals surface area (Å²) in [6.45, 7) is 15.0. The quantitative estimate of drug-likeness (QED) is 0.207. The fourth-order valence-electron chi connectivity index (χ4n) is 6.63. The predicted molar refractivity (Wildman–Crippen MR) is 138 cm³/mol. The molecule has 192 valence electrons. The molecule has 2 aliphatic rings. The van der Waals surface area contributed by atoms with Crippen molar-refractivity contribution >= 4 is 5.97 Å². The van der Waals surface area contributed by atoms with Gasteiger partial charge in [0, 0.05) is 12.5 Å². The molecule has 1 aromatic carbocycles. The molecule has 2 saturated carbocycles. The Morgan fingerprint density at radius 1 is 1.09 bits per heavy atom. The number of benzene rings is 1. The van der Waals surface area contributed by atoms with Gasteiger partial charge in [-0.2, -0.15) is 0 Å². The van der Waals surface area contributed by atoms with Gasteiger partial charge in [0.2, 0.25) is 6.29 Å². The van der Waals surface area contributed by atoms with Gasteiger partial charge in [0.1, 0.15) is 11.5 Å². The second-order valence-corrected chi connectivity index (χ2v) is 12.9. The van der Waals surface area contributed by atoms with Crippen molar-refractivity contribution < 1.29 is 19.0 Å². The highest BCUT2D eigenvalue weighted by atomic mass is 16.7. The molecule has 0 amide bonds. The highest BCUT2D eigenvalue weighted by molar-refractivity contribution is 5.79. The van der Waals surface area contributed by atoms with Crippen LogP contribution in [0.4, 0.5) is 0 Å². The van der Waals surface area contributed by atoms with Gasteiger partial charge in [-0.15, -0.1) is 0 Å². The lowest BCUT2D eigenvalue weighted by molar-refractivity contribution is -0.178. The van der Waals surface area contributed by atoms with E-state index in [1.807, 2.05) is 31.2 Å². The Kier molecular flexibility index (Phi) is 8.43. The monoisotopic (exact) mass is 472 g/mol. The van der Waals surface area contributed by atoms with Gasteiger partial charge in [-0.1, -0.05) is 60.8 Å². The molecule has 0 N–H and O–H groups in total. The summed E-state index contributed by atoms with van der Waals surface area (Å²) >= 11 is 0. The average Bonchev–Trinajstić information content (AvgIpc) is 2.76. The van der Waals surface area contributed by atoms with Crippen LogP contribution in [0.5, 0.6) is 11.5 Å². The molecule has 5 unspecified atom stereocenters. The lowest BCUT2D eigenvalue weighted by atomic mass is 9.58. The van der Waals surface area contributed by atoms with Crippen LogP contribution in [0.1, 0.15) is 99.8 Å². The summed E-state index contributed by atoms with van der Waals surface area (Å²) in [6.07, 6.45) is 9.31. The van der Waals surface area contributed by atoms with E-state index in [0.717, 1.165) is 24.0 Å². The molecule has 2 aliphatic carbocycles. The van der Waals surface area contributed by atoms with Crippen molar-refractivity contribution in [1.82, 2.24) is 0 Å². The van der Waals surface area contributed by atoms with E-state index >= 15 is 0 Å². The van der Waals surface area contributed by atoms with Crippen LogP contribution in [0.15, 0.2) is 24.3 Å². The van der Waals surface area contributed by atoms with Crippen molar-refractivity contribution in [2.24, 2.45) is 34.0 Å². The molecule has 5 atom stereocenters. The second-order valence-electron chi connectivity index (χ2n) is 12.9. The SMILES string of the molecule is CCC1CC2CCCC(C(OC)Oc3ccc(OC(=O)C(C)(CC(C)(C)C)C(C)C)cc3)(C1)C2. The number of hydrogen-bond donors (Lipinski definition) is 0. The molecule has 4 heteroatoms. The highest BCUT2D eigenvalue weighted by Crippen LogP contribution is 2.54. The van der Waals surface area contributed by atoms with Gasteiger partial charge in [-0.25, -0.2) is 0 Å². The minimum absolute atomic E-state index is 0.0400. The first-order chi connectivity index (χ1) is 15.9. The van der Waals surface area contributed by atoms with E-state index in [2.05, 4.69) is 41.5 Å². The van der Waals surface area contributed by atoms with Crippen LogP contribution in [-0.2, 0) is 9.53 Å². The first-order valence-corrected chi connectivity index (χ1v) is 13.4. The minimum Gasteiger partial charge on any atom is -0.464 e. The third kappa shape index (κ3) is 6.17. The summed E-state index contributed by atoms with van der Waals surface area (Å²) in [5, 5.41) is 0. The number of carbonyl (C=O) groups excluding carboxylic acids is 1. The summed E-state index contributed by atoms with van der Waals surface area (Å²) in [7, 11) is 1.77. The van der Waals surface area contributed by atoms with Crippen molar-refractivity contribution in [2.45, 2.75) is 106 Å². The predicted octanol–water partition coefficient (Wildman–Crippen LogP) is 8.04. The number of hydrogen-bond acceptors (Lipinski definition) is 4. The van der Waals surface area contributed by atoms with Crippen LogP contribution in [0.3, 0.4) is 0 Å². The van der Waals surface area contributed by atoms with Gasteiger partial charge in [-0.3, -0.25) is 4.79 Å². The molecule has 0 aliphatic heterocycles. The van der Waals surface area contributed by atoms with E-state index in [1.165, 1.54) is 44.9 Å². The first kappa shape index (κ1) is 27.0. The number of esters is 1. The van der Waals surface area contributed by atoms with E-state index < -0.39 is 5.41 Å². The van der Waals surface area contributed by atoms with Crippen LogP contribution in [0, 0.1) is 34.0 Å². The maximum Gasteiger partial charge on any atom is 0.317 e. The number of methoxy groups -OCH3 is 1. The van der Waals surface area contributed by atoms with E-state index in [0.29, 0.717) is 5.75 Å². The van der Waals surface area contributed by atoms with Gasteiger partial charge >= 0.3 is 5.97 Å². The van der Waals surface area contributed by atoms with E-state index in [1.54, 1.807) is 7.11 Å². The molecule has 2 bridgehead atoms. The fourth-order valence-corrected chi connectivity index (χ4v) is 6.63. The Morgan fingerprint density at radius 3 is 2.29 bits per heavy atom. The largest absolute Gasteiger partial charge is 0.464 e. The molecule has 1 aromatic rings. The smallest absolute Gasteiger partial charge is 0.317 e. The molecule has 3 rings (SSSR count). The molecule has 2 fully saturated rings. The van der Waals surface area contributed by atoms with Crippen LogP contribution >= 0.6 is 0 Å². The third-order valence-corrected chi connectivity index (χ3v) is 8.55. The van der Waals surface area contributed by atoms with Crippen molar-refractivity contribution in [1.29, 1.82) is 0 Å². The Bertz CT molecular complexity index is 808. The molecule has 0 aromatic heterocycles. The van der Waals surface area contributed by atoms with Gasteiger partial charge in [0.15, 0.2) is 0 Å². The highest BCUT2D eigenvalue weighted by Gasteiger charge is 2.49. The van der Waals surface area contributed by atoms with Gasteiger partial charge < -0.3 is 14.2 Å². The van der Waals surface area contributed by atoms with Crippen molar-refractivity contribution in [3.63, 3.8) is 0 Å². The summed E-state index contributed by atoms with van der Waals surface area (Å²) in [6, 6.07) is 7.49. The van der Waals surface area contributed by atoms with Crippen LogP contribution in [0.25, 0.3) is 0 Å². The molecule has 0 heterocycles. The molecular formula is C30H48O4. The zero-order valence-electron chi connectivity index (χ0n) is 22.9. The second kappa shape index (κ2) is 10.6. The third-order valence-electron chi connectivity index (χ3n) is 8.55. The van der Waals surface area contributed by atoms with Gasteiger partial charge in [0.25, 0.3) is 0 Å². The van der Waals surface area contributed by atoms with Crippen molar-refractivity contribution in [3.8, 4) is 11.5 Å². The summed E-state index contributed by atoms with van der Waals surface area (Å²) in [4.78, 5) is 13.2. The summed E-state index contributed by atoms with van der Waals surface area (Å²) < 4.78 is 18.3. The number of ether oxygens (including phenoxy) is 3. The maximum atomic E-state index is 13.2. The normalized spacial score (nSPS) is 27.7. The minimum atomic E-state index is -0.540. The van der Waals surface area contributed by atoms with Crippen LogP contribution in [0.2, 0.25) is 0 Å².